The molecule has 0 aliphatic rings. The molecular weight excluding hydrogens is 518 g/mol. The molecule has 0 aliphatic heterocycles. The molecule has 0 spiro atoms. The standard InChI is InChI=1S/C24H37N5O8S/c1-13(2)20(24(37)27-17(8-9-38-3)22(35)26-11-19(32)33)29-23(36)18(28-21(34)16(25)12-30)10-14-4-6-15(31)7-5-14/h4-7,13,16-18,20,30-31H,8-12,25H2,1-3H3,(H,26,35)(H,27,37)(H,28,34)(H,29,36)(H,32,33)/t16-,17-,18-,20-/m0/s1. The van der Waals surface area contributed by atoms with Crippen LogP contribution in [0.3, 0.4) is 0 Å². The number of nitrogens with two attached hydrogens (primary N) is 1. The molecular formula is C24H37N5O8S. The van der Waals surface area contributed by atoms with Crippen molar-refractivity contribution in [1.82, 2.24) is 21.3 Å². The summed E-state index contributed by atoms with van der Waals surface area (Å²) in [6.07, 6.45) is 2.04. The third-order valence-corrected chi connectivity index (χ3v) is 6.09. The van der Waals surface area contributed by atoms with Gasteiger partial charge in [-0.15, -0.1) is 0 Å². The zero-order chi connectivity index (χ0) is 28.8. The number of nitrogens with one attached hydrogen (secondary N) is 4. The van der Waals surface area contributed by atoms with Crippen LogP contribution in [0, 0.1) is 5.92 Å². The van der Waals surface area contributed by atoms with E-state index in [1.54, 1.807) is 26.0 Å². The van der Waals surface area contributed by atoms with Gasteiger partial charge in [0.15, 0.2) is 0 Å². The number of aliphatic hydroxyl groups excluding tert-OH is 1. The molecule has 9 N–H and O–H groups in total. The molecule has 1 aromatic rings. The van der Waals surface area contributed by atoms with Gasteiger partial charge in [0.2, 0.25) is 23.6 Å². The molecule has 0 aliphatic carbocycles. The summed E-state index contributed by atoms with van der Waals surface area (Å²) in [6, 6.07) is 1.39. The van der Waals surface area contributed by atoms with Crippen LogP contribution in [0.1, 0.15) is 25.8 Å². The van der Waals surface area contributed by atoms with E-state index in [-0.39, 0.29) is 18.6 Å². The number of thioether (sulfide) groups is 1. The van der Waals surface area contributed by atoms with Crippen molar-refractivity contribution in [2.24, 2.45) is 11.7 Å². The van der Waals surface area contributed by atoms with E-state index in [1.807, 2.05) is 6.26 Å². The van der Waals surface area contributed by atoms with Gasteiger partial charge in [-0.25, -0.2) is 0 Å². The third kappa shape index (κ3) is 11.4. The number of carbonyl (C=O) groups is 5. The van der Waals surface area contributed by atoms with Crippen LogP contribution in [0.2, 0.25) is 0 Å². The first-order chi connectivity index (χ1) is 17.9. The van der Waals surface area contributed by atoms with E-state index in [0.29, 0.717) is 11.3 Å². The summed E-state index contributed by atoms with van der Waals surface area (Å²) < 4.78 is 0. The second kappa shape index (κ2) is 16.5. The lowest BCUT2D eigenvalue weighted by Gasteiger charge is -2.27. The summed E-state index contributed by atoms with van der Waals surface area (Å²) in [6.45, 7) is 2.11. The fourth-order valence-electron chi connectivity index (χ4n) is 3.28. The summed E-state index contributed by atoms with van der Waals surface area (Å²) in [5.41, 5.74) is 6.17. The maximum absolute atomic E-state index is 13.2. The van der Waals surface area contributed by atoms with Gasteiger partial charge >= 0.3 is 5.97 Å². The number of amides is 4. The first-order valence-corrected chi connectivity index (χ1v) is 13.3. The van der Waals surface area contributed by atoms with Gasteiger partial charge in [0.1, 0.15) is 36.5 Å². The molecule has 1 aromatic carbocycles. The van der Waals surface area contributed by atoms with E-state index in [2.05, 4.69) is 21.3 Å². The lowest BCUT2D eigenvalue weighted by molar-refractivity contribution is -0.138. The molecule has 4 amide bonds. The zero-order valence-corrected chi connectivity index (χ0v) is 22.4. The zero-order valence-electron chi connectivity index (χ0n) is 21.6. The third-order valence-electron chi connectivity index (χ3n) is 5.45. The van der Waals surface area contributed by atoms with E-state index in [0.717, 1.165) is 0 Å². The van der Waals surface area contributed by atoms with Gasteiger partial charge in [-0.3, -0.25) is 24.0 Å². The number of phenolic OH excluding ortho intramolecular Hbond substituents is 1. The first kappa shape index (κ1) is 32.7. The molecule has 0 heterocycles. The van der Waals surface area contributed by atoms with Crippen molar-refractivity contribution in [1.29, 1.82) is 0 Å². The predicted octanol–water partition coefficient (Wildman–Crippen LogP) is -1.68. The molecule has 14 heteroatoms. The molecule has 212 valence electrons. The number of hydrogen-bond donors (Lipinski definition) is 8. The average Bonchev–Trinajstić information content (AvgIpc) is 2.87. The largest absolute Gasteiger partial charge is 0.508 e. The van der Waals surface area contributed by atoms with Crippen molar-refractivity contribution in [2.75, 3.05) is 25.2 Å². The van der Waals surface area contributed by atoms with Crippen LogP contribution in [0.25, 0.3) is 0 Å². The Morgan fingerprint density at radius 1 is 0.921 bits per heavy atom. The van der Waals surface area contributed by atoms with Crippen LogP contribution in [-0.2, 0) is 30.4 Å². The van der Waals surface area contributed by atoms with Crippen LogP contribution in [0.15, 0.2) is 24.3 Å². The molecule has 0 radical (unpaired) electrons. The van der Waals surface area contributed by atoms with Crippen molar-refractivity contribution >= 4 is 41.4 Å². The second-order valence-electron chi connectivity index (χ2n) is 8.91. The summed E-state index contributed by atoms with van der Waals surface area (Å²) in [5.74, 6) is -3.94. The monoisotopic (exact) mass is 555 g/mol. The summed E-state index contributed by atoms with van der Waals surface area (Å²) >= 11 is 1.44. The maximum atomic E-state index is 13.2. The Morgan fingerprint density at radius 3 is 2.05 bits per heavy atom. The minimum Gasteiger partial charge on any atom is -0.508 e. The smallest absolute Gasteiger partial charge is 0.322 e. The predicted molar refractivity (Wildman–Crippen MR) is 141 cm³/mol. The van der Waals surface area contributed by atoms with E-state index in [1.165, 1.54) is 23.9 Å². The number of phenols is 1. The summed E-state index contributed by atoms with van der Waals surface area (Å²) in [5, 5.41) is 37.5. The molecule has 0 unspecified atom stereocenters. The van der Waals surface area contributed by atoms with E-state index in [9.17, 15) is 34.2 Å². The highest BCUT2D eigenvalue weighted by Gasteiger charge is 2.32. The fourth-order valence-corrected chi connectivity index (χ4v) is 3.75. The van der Waals surface area contributed by atoms with Crippen molar-refractivity contribution in [3.05, 3.63) is 29.8 Å². The van der Waals surface area contributed by atoms with Crippen LogP contribution in [0.4, 0.5) is 0 Å². The number of carboxylic acids is 1. The Bertz CT molecular complexity index is 960. The molecule has 38 heavy (non-hydrogen) atoms. The summed E-state index contributed by atoms with van der Waals surface area (Å²) in [7, 11) is 0. The highest BCUT2D eigenvalue weighted by Crippen LogP contribution is 2.12. The van der Waals surface area contributed by atoms with Gasteiger partial charge in [0.05, 0.1) is 6.61 Å². The van der Waals surface area contributed by atoms with Gasteiger partial charge in [0.25, 0.3) is 0 Å². The molecule has 0 fully saturated rings. The van der Waals surface area contributed by atoms with Gasteiger partial charge in [0, 0.05) is 6.42 Å². The Balaban J connectivity index is 3.08. The van der Waals surface area contributed by atoms with E-state index in [4.69, 9.17) is 10.8 Å². The maximum Gasteiger partial charge on any atom is 0.322 e. The SMILES string of the molecule is CSCC[C@H](NC(=O)[C@@H](NC(=O)[C@H](Cc1ccc(O)cc1)NC(=O)[C@@H](N)CO)C(C)C)C(=O)NCC(=O)O. The first-order valence-electron chi connectivity index (χ1n) is 11.9. The molecule has 0 aromatic heterocycles. The Kier molecular flexibility index (Phi) is 14.2. The van der Waals surface area contributed by atoms with E-state index < -0.39 is 72.8 Å². The fraction of sp³-hybridized carbons (Fsp3) is 0.542. The second-order valence-corrected chi connectivity index (χ2v) is 9.89. The molecule has 13 nitrogen and oxygen atoms in total. The Morgan fingerprint density at radius 2 is 1.53 bits per heavy atom. The van der Waals surface area contributed by atoms with Crippen LogP contribution >= 0.6 is 11.8 Å². The number of carboxylic acid groups (broad SMARTS) is 1. The molecule has 4 atom stereocenters. The normalized spacial score (nSPS) is 14.1. The topological polar surface area (TPSA) is 220 Å². The molecule has 0 bridgehead atoms. The number of carbonyl (C=O) groups excluding carboxylic acids is 4. The number of benzene rings is 1. The highest BCUT2D eigenvalue weighted by atomic mass is 32.2. The lowest BCUT2D eigenvalue weighted by atomic mass is 10.00. The number of aromatic hydroxyl groups is 1. The minimum atomic E-state index is -1.27. The van der Waals surface area contributed by atoms with Crippen LogP contribution in [-0.4, -0.2) is 94.2 Å². The number of hydrogen-bond acceptors (Lipinski definition) is 9. The van der Waals surface area contributed by atoms with Gasteiger partial charge in [-0.05, 0) is 42.0 Å². The number of rotatable bonds is 16. The number of aliphatic carboxylic acids is 1. The van der Waals surface area contributed by atoms with Gasteiger partial charge in [-0.2, -0.15) is 11.8 Å². The van der Waals surface area contributed by atoms with Gasteiger partial charge < -0.3 is 42.3 Å². The number of aliphatic hydroxyl groups is 1. The van der Waals surface area contributed by atoms with E-state index >= 15 is 0 Å². The van der Waals surface area contributed by atoms with Crippen molar-refractivity contribution in [2.45, 2.75) is 50.9 Å². The van der Waals surface area contributed by atoms with Gasteiger partial charge in [-0.1, -0.05) is 26.0 Å². The highest BCUT2D eigenvalue weighted by molar-refractivity contribution is 7.98. The Hall–Kier alpha value is -3.36. The van der Waals surface area contributed by atoms with Crippen molar-refractivity contribution < 1.29 is 39.3 Å². The van der Waals surface area contributed by atoms with Crippen LogP contribution in [0.5, 0.6) is 5.75 Å². The average molecular weight is 556 g/mol. The van der Waals surface area contributed by atoms with Crippen molar-refractivity contribution in [3.63, 3.8) is 0 Å². The molecule has 0 saturated heterocycles. The van der Waals surface area contributed by atoms with Crippen molar-refractivity contribution in [3.8, 4) is 5.75 Å². The molecule has 1 rings (SSSR count). The molecule has 0 saturated carbocycles. The minimum absolute atomic E-state index is 0.00359. The quantitative estimate of drug-likeness (QED) is 0.116. The van der Waals surface area contributed by atoms with Crippen LogP contribution < -0.4 is 27.0 Å². The Labute approximate surface area is 225 Å². The summed E-state index contributed by atoms with van der Waals surface area (Å²) in [4.78, 5) is 62.0. The lowest BCUT2D eigenvalue weighted by Crippen LogP contribution is -2.59.